The van der Waals surface area contributed by atoms with E-state index in [9.17, 15) is 5.11 Å². The molecule has 0 spiro atoms. The highest BCUT2D eigenvalue weighted by Crippen LogP contribution is 2.23. The van der Waals surface area contributed by atoms with E-state index in [1.165, 1.54) is 6.33 Å². The molecule has 3 heteroatoms. The Bertz CT molecular complexity index is 389. The zero-order valence-electron chi connectivity index (χ0n) is 6.65. The van der Waals surface area contributed by atoms with Crippen molar-refractivity contribution in [3.05, 3.63) is 30.2 Å². The van der Waals surface area contributed by atoms with Crippen molar-refractivity contribution in [1.29, 1.82) is 0 Å². The van der Waals surface area contributed by atoms with Crippen molar-refractivity contribution < 1.29 is 5.11 Å². The van der Waals surface area contributed by atoms with E-state index in [1.807, 2.05) is 13.0 Å². The van der Waals surface area contributed by atoms with Crippen LogP contribution in [0, 0.1) is 6.92 Å². The van der Waals surface area contributed by atoms with Crippen molar-refractivity contribution in [2.24, 2.45) is 0 Å². The van der Waals surface area contributed by atoms with Crippen LogP contribution in [-0.2, 0) is 0 Å². The van der Waals surface area contributed by atoms with Crippen LogP contribution in [0.1, 0.15) is 5.69 Å². The number of rotatable bonds is 0. The second kappa shape index (κ2) is 2.44. The summed E-state index contributed by atoms with van der Waals surface area (Å²) >= 11 is 0. The third-order valence-electron chi connectivity index (χ3n) is 1.83. The minimum absolute atomic E-state index is 0.241. The fourth-order valence-corrected chi connectivity index (χ4v) is 1.25. The fourth-order valence-electron chi connectivity index (χ4n) is 1.25. The minimum atomic E-state index is 0.241. The SMILES string of the molecule is Cc1ncnc2cccc(O)c12. The van der Waals surface area contributed by atoms with Gasteiger partial charge in [-0.05, 0) is 19.1 Å². The van der Waals surface area contributed by atoms with Gasteiger partial charge in [0.1, 0.15) is 12.1 Å². The molecule has 0 aliphatic rings. The van der Waals surface area contributed by atoms with Crippen LogP contribution in [0.3, 0.4) is 0 Å². The summed E-state index contributed by atoms with van der Waals surface area (Å²) in [5, 5.41) is 10.2. The lowest BCUT2D eigenvalue weighted by atomic mass is 10.2. The molecule has 2 rings (SSSR count). The van der Waals surface area contributed by atoms with Gasteiger partial charge in [-0.1, -0.05) is 6.07 Å². The van der Waals surface area contributed by atoms with Crippen molar-refractivity contribution in [3.8, 4) is 5.75 Å². The van der Waals surface area contributed by atoms with Gasteiger partial charge in [0.2, 0.25) is 0 Å². The number of phenols is 1. The highest BCUT2D eigenvalue weighted by Gasteiger charge is 2.02. The average Bonchev–Trinajstić information content (AvgIpc) is 2.04. The predicted molar refractivity (Wildman–Crippen MR) is 45.9 cm³/mol. The van der Waals surface area contributed by atoms with E-state index < -0.39 is 0 Å². The molecule has 12 heavy (non-hydrogen) atoms. The number of nitrogens with zero attached hydrogens (tertiary/aromatic N) is 2. The molecule has 1 heterocycles. The molecule has 0 radical (unpaired) electrons. The Labute approximate surface area is 69.7 Å². The Kier molecular flexibility index (Phi) is 1.43. The van der Waals surface area contributed by atoms with Crippen molar-refractivity contribution in [2.45, 2.75) is 6.92 Å². The second-order valence-electron chi connectivity index (χ2n) is 2.63. The molecule has 0 atom stereocenters. The molecule has 0 fully saturated rings. The number of aromatic nitrogens is 2. The van der Waals surface area contributed by atoms with E-state index in [0.29, 0.717) is 0 Å². The minimum Gasteiger partial charge on any atom is -0.507 e. The Morgan fingerprint density at radius 2 is 2.08 bits per heavy atom. The van der Waals surface area contributed by atoms with Gasteiger partial charge < -0.3 is 5.11 Å². The molecule has 0 bridgehead atoms. The van der Waals surface area contributed by atoms with Crippen LogP contribution in [-0.4, -0.2) is 15.1 Å². The largest absolute Gasteiger partial charge is 0.507 e. The lowest BCUT2D eigenvalue weighted by Crippen LogP contribution is -1.86. The summed E-state index contributed by atoms with van der Waals surface area (Å²) in [6.45, 7) is 1.85. The molecule has 0 saturated heterocycles. The summed E-state index contributed by atoms with van der Waals surface area (Å²) in [5.41, 5.74) is 1.58. The first kappa shape index (κ1) is 7.03. The van der Waals surface area contributed by atoms with E-state index in [0.717, 1.165) is 16.6 Å². The Morgan fingerprint density at radius 1 is 1.25 bits per heavy atom. The number of hydrogen-bond donors (Lipinski definition) is 1. The van der Waals surface area contributed by atoms with Crippen LogP contribution < -0.4 is 0 Å². The smallest absolute Gasteiger partial charge is 0.126 e. The van der Waals surface area contributed by atoms with Crippen LogP contribution in [0.25, 0.3) is 10.9 Å². The van der Waals surface area contributed by atoms with Gasteiger partial charge in [-0.15, -0.1) is 0 Å². The zero-order chi connectivity index (χ0) is 8.55. The third-order valence-corrected chi connectivity index (χ3v) is 1.83. The zero-order valence-corrected chi connectivity index (χ0v) is 6.65. The fraction of sp³-hybridized carbons (Fsp3) is 0.111. The highest BCUT2D eigenvalue weighted by molar-refractivity contribution is 5.86. The molecular weight excluding hydrogens is 152 g/mol. The number of benzene rings is 1. The van der Waals surface area contributed by atoms with Crippen molar-refractivity contribution in [2.75, 3.05) is 0 Å². The third kappa shape index (κ3) is 0.906. The lowest BCUT2D eigenvalue weighted by Gasteiger charge is -2.00. The topological polar surface area (TPSA) is 46.0 Å². The monoisotopic (exact) mass is 160 g/mol. The van der Waals surface area contributed by atoms with Crippen LogP contribution >= 0.6 is 0 Å². The lowest BCUT2D eigenvalue weighted by molar-refractivity contribution is 0.481. The van der Waals surface area contributed by atoms with Gasteiger partial charge in [-0.2, -0.15) is 0 Å². The number of aromatic hydroxyl groups is 1. The van der Waals surface area contributed by atoms with Crippen LogP contribution in [0.5, 0.6) is 5.75 Å². The molecule has 0 amide bonds. The number of hydrogen-bond acceptors (Lipinski definition) is 3. The number of fused-ring (bicyclic) bond motifs is 1. The molecule has 0 aliphatic heterocycles. The molecule has 0 aliphatic carbocycles. The number of phenolic OH excluding ortho intramolecular Hbond substituents is 1. The summed E-state index contributed by atoms with van der Waals surface area (Å²) < 4.78 is 0. The Morgan fingerprint density at radius 3 is 2.83 bits per heavy atom. The Balaban J connectivity index is 2.96. The molecule has 1 aromatic carbocycles. The molecule has 60 valence electrons. The average molecular weight is 160 g/mol. The highest BCUT2D eigenvalue weighted by atomic mass is 16.3. The van der Waals surface area contributed by atoms with E-state index >= 15 is 0 Å². The number of aryl methyl sites for hydroxylation is 1. The molecular formula is C9H8N2O. The summed E-state index contributed by atoms with van der Waals surface area (Å²) in [7, 11) is 0. The van der Waals surface area contributed by atoms with E-state index in [2.05, 4.69) is 9.97 Å². The first-order valence-corrected chi connectivity index (χ1v) is 3.68. The van der Waals surface area contributed by atoms with Crippen molar-refractivity contribution in [3.63, 3.8) is 0 Å². The molecule has 0 saturated carbocycles. The summed E-state index contributed by atoms with van der Waals surface area (Å²) in [4.78, 5) is 8.03. The maximum atomic E-state index is 9.47. The van der Waals surface area contributed by atoms with E-state index in [-0.39, 0.29) is 5.75 Å². The van der Waals surface area contributed by atoms with E-state index in [1.54, 1.807) is 12.1 Å². The van der Waals surface area contributed by atoms with Gasteiger partial charge >= 0.3 is 0 Å². The van der Waals surface area contributed by atoms with Crippen LogP contribution in [0.15, 0.2) is 24.5 Å². The first-order valence-electron chi connectivity index (χ1n) is 3.68. The summed E-state index contributed by atoms with van der Waals surface area (Å²) in [6.07, 6.45) is 1.50. The van der Waals surface area contributed by atoms with Crippen LogP contribution in [0.4, 0.5) is 0 Å². The van der Waals surface area contributed by atoms with E-state index in [4.69, 9.17) is 0 Å². The molecule has 0 unspecified atom stereocenters. The van der Waals surface area contributed by atoms with Gasteiger partial charge in [0.15, 0.2) is 0 Å². The maximum Gasteiger partial charge on any atom is 0.126 e. The molecule has 2 aromatic rings. The first-order chi connectivity index (χ1) is 5.79. The quantitative estimate of drug-likeness (QED) is 0.637. The second-order valence-corrected chi connectivity index (χ2v) is 2.63. The molecule has 3 nitrogen and oxygen atoms in total. The van der Waals surface area contributed by atoms with Gasteiger partial charge in [0.05, 0.1) is 16.6 Å². The normalized spacial score (nSPS) is 10.4. The standard InChI is InChI=1S/C9H8N2O/c1-6-9-7(11-5-10-6)3-2-4-8(9)12/h2-5,12H,1H3. The van der Waals surface area contributed by atoms with Gasteiger partial charge in [-0.25, -0.2) is 9.97 Å². The van der Waals surface area contributed by atoms with Gasteiger partial charge in [0, 0.05) is 0 Å². The van der Waals surface area contributed by atoms with Gasteiger partial charge in [-0.3, -0.25) is 0 Å². The predicted octanol–water partition coefficient (Wildman–Crippen LogP) is 1.64. The van der Waals surface area contributed by atoms with Crippen molar-refractivity contribution in [1.82, 2.24) is 9.97 Å². The molecule has 1 aromatic heterocycles. The summed E-state index contributed by atoms with van der Waals surface area (Å²) in [5.74, 6) is 0.241. The maximum absolute atomic E-state index is 9.47. The van der Waals surface area contributed by atoms with Crippen LogP contribution in [0.2, 0.25) is 0 Å². The summed E-state index contributed by atoms with van der Waals surface area (Å²) in [6, 6.07) is 5.26. The van der Waals surface area contributed by atoms with Crippen molar-refractivity contribution >= 4 is 10.9 Å². The molecule has 1 N–H and O–H groups in total. The van der Waals surface area contributed by atoms with Gasteiger partial charge in [0.25, 0.3) is 0 Å². The Hall–Kier alpha value is -1.64.